The number of hydrogen-bond acceptors (Lipinski definition) is 0. The van der Waals surface area contributed by atoms with Crippen LogP contribution in [0.15, 0.2) is 109 Å². The zero-order valence-corrected chi connectivity index (χ0v) is 40.2. The molecule has 0 nitrogen and oxygen atoms in total. The summed E-state index contributed by atoms with van der Waals surface area (Å²) in [5, 5.41) is 5.65. The predicted octanol–water partition coefficient (Wildman–Crippen LogP) is 16.2. The molecule has 2 saturated carbocycles. The molecule has 6 aromatic rings. The second kappa shape index (κ2) is 23.4. The van der Waals surface area contributed by atoms with Gasteiger partial charge in [0.05, 0.1) is 0 Å². The van der Waals surface area contributed by atoms with Crippen LogP contribution in [0.2, 0.25) is 0 Å². The van der Waals surface area contributed by atoms with Crippen LogP contribution in [0.4, 0.5) is 0 Å². The Hall–Kier alpha value is -2.22. The van der Waals surface area contributed by atoms with Crippen LogP contribution in [0.25, 0.3) is 43.8 Å². The minimum absolute atomic E-state index is 0. The Labute approximate surface area is 370 Å². The molecule has 300 valence electrons. The van der Waals surface area contributed by atoms with Gasteiger partial charge in [-0.2, -0.15) is 12.1 Å². The summed E-state index contributed by atoms with van der Waals surface area (Å²) in [6, 6.07) is 41.2. The van der Waals surface area contributed by atoms with Gasteiger partial charge in [-0.15, -0.1) is 93.9 Å². The molecule has 0 saturated heterocycles. The number of rotatable bonds is 10. The summed E-state index contributed by atoms with van der Waals surface area (Å²) in [6.45, 7) is 12.1. The van der Waals surface area contributed by atoms with Gasteiger partial charge in [-0.3, -0.25) is 0 Å². The molecule has 0 aromatic heterocycles. The summed E-state index contributed by atoms with van der Waals surface area (Å²) >= 11 is 1.36. The fourth-order valence-corrected chi connectivity index (χ4v) is 9.97. The van der Waals surface area contributed by atoms with Gasteiger partial charge in [-0.05, 0) is 87.2 Å². The van der Waals surface area contributed by atoms with Crippen LogP contribution in [0.3, 0.4) is 0 Å². The Morgan fingerprint density at radius 1 is 0.536 bits per heavy atom. The van der Waals surface area contributed by atoms with Gasteiger partial charge < -0.3 is 14.9 Å². The predicted molar refractivity (Wildman–Crippen MR) is 252 cm³/mol. The van der Waals surface area contributed by atoms with E-state index in [0.717, 1.165) is 0 Å². The van der Waals surface area contributed by atoms with Crippen molar-refractivity contribution in [3.8, 4) is 22.3 Å². The molecule has 0 unspecified atom stereocenters. The Morgan fingerprint density at radius 3 is 1.20 bits per heavy atom. The summed E-state index contributed by atoms with van der Waals surface area (Å²) in [7, 11) is 0. The normalized spacial score (nSPS) is 14.8. The van der Waals surface area contributed by atoms with Crippen molar-refractivity contribution in [1.29, 1.82) is 0 Å². The van der Waals surface area contributed by atoms with Gasteiger partial charge >= 0.3 is 30.2 Å². The van der Waals surface area contributed by atoms with Gasteiger partial charge in [0.2, 0.25) is 0 Å². The van der Waals surface area contributed by atoms with E-state index in [4.69, 9.17) is 0 Å². The molecule has 0 amide bonds. The van der Waals surface area contributed by atoms with E-state index in [1.165, 1.54) is 168 Å². The molecule has 2 aliphatic carbocycles. The number of halogens is 2. The molecule has 2 fully saturated rings. The van der Waals surface area contributed by atoms with Gasteiger partial charge in [0.15, 0.2) is 0 Å². The Kier molecular flexibility index (Phi) is 20.9. The van der Waals surface area contributed by atoms with Crippen molar-refractivity contribution in [3.63, 3.8) is 0 Å². The van der Waals surface area contributed by atoms with Crippen LogP contribution < -0.4 is 0 Å². The summed E-state index contributed by atoms with van der Waals surface area (Å²) in [5.41, 5.74) is 12.3. The van der Waals surface area contributed by atoms with Crippen LogP contribution in [-0.2, 0) is 36.2 Å². The van der Waals surface area contributed by atoms with Crippen molar-refractivity contribution in [2.75, 3.05) is 0 Å². The standard InChI is InChI=1S/2C25H29.2CH3.2ClH.Si.Zr/c2*1-3-13-25(14-4-5-15-25)18-20-16-22-7-6-8-23(24(22)17-20)21-11-9-19(2)10-12-21;;;;;;/h2*6-12,16-17H,3-5,13-15,18H2,1-2H3;2*1H3;2*1H;;/q4*-1;;;;. The van der Waals surface area contributed by atoms with Crippen LogP contribution in [0.1, 0.15) is 113 Å². The fourth-order valence-electron chi connectivity index (χ4n) is 9.97. The molecule has 2 aliphatic rings. The van der Waals surface area contributed by atoms with E-state index in [1.807, 2.05) is 0 Å². The molecule has 0 bridgehead atoms. The molecule has 56 heavy (non-hydrogen) atoms. The third-order valence-corrected chi connectivity index (χ3v) is 12.4. The summed E-state index contributed by atoms with van der Waals surface area (Å²) < 4.78 is 0. The first kappa shape index (κ1) is 49.9. The van der Waals surface area contributed by atoms with Crippen molar-refractivity contribution in [1.82, 2.24) is 0 Å². The summed E-state index contributed by atoms with van der Waals surface area (Å²) in [5.74, 6) is 0. The van der Waals surface area contributed by atoms with Crippen LogP contribution >= 0.6 is 24.8 Å². The molecule has 0 atom stereocenters. The molecular weight excluding hydrogens is 815 g/mol. The number of fused-ring (bicyclic) bond motifs is 2. The van der Waals surface area contributed by atoms with E-state index in [9.17, 15) is 0 Å². The quantitative estimate of drug-likeness (QED) is 0.0950. The average molecular weight is 881 g/mol. The first-order valence-corrected chi connectivity index (χ1v) is 24.3. The van der Waals surface area contributed by atoms with Gasteiger partial charge in [-0.25, -0.2) is 0 Å². The van der Waals surface area contributed by atoms with Crippen molar-refractivity contribution in [2.45, 2.75) is 118 Å². The van der Waals surface area contributed by atoms with Crippen LogP contribution in [0.5, 0.6) is 0 Å². The molecule has 2 radical (unpaired) electrons. The Balaban J connectivity index is 0.000000347. The maximum atomic E-state index is 3.06. The summed E-state index contributed by atoms with van der Waals surface area (Å²) in [6.07, 6.45) is 19.3. The van der Waals surface area contributed by atoms with Crippen LogP contribution in [-0.4, -0.2) is 6.88 Å². The van der Waals surface area contributed by atoms with Crippen molar-refractivity contribution >= 4 is 53.2 Å². The first-order chi connectivity index (χ1) is 25.4. The molecule has 0 heterocycles. The molecular formula is C52H66Cl2SiZr-4. The topological polar surface area (TPSA) is 0 Å². The zero-order valence-electron chi connectivity index (χ0n) is 35.1. The third-order valence-electron chi connectivity index (χ3n) is 12.4. The Morgan fingerprint density at radius 2 is 0.875 bits per heavy atom. The second-order valence-electron chi connectivity index (χ2n) is 16.3. The zero-order chi connectivity index (χ0) is 36.6. The van der Waals surface area contributed by atoms with Crippen molar-refractivity contribution in [2.24, 2.45) is 10.8 Å². The maximum absolute atomic E-state index is 3.06. The summed E-state index contributed by atoms with van der Waals surface area (Å²) in [4.78, 5) is 0. The molecule has 8 rings (SSSR count). The van der Waals surface area contributed by atoms with E-state index in [0.29, 0.717) is 10.8 Å². The number of benzene rings is 4. The molecule has 6 aromatic carbocycles. The second-order valence-corrected chi connectivity index (χ2v) is 16.3. The third kappa shape index (κ3) is 11.9. The first-order valence-electron chi connectivity index (χ1n) is 20.1. The fraction of sp³-hybridized carbons (Fsp3) is 0.385. The monoisotopic (exact) mass is 878 g/mol. The Bertz CT molecular complexity index is 1870. The average Bonchev–Trinajstić information content (AvgIpc) is 3.98. The molecule has 0 N–H and O–H groups in total. The SMILES string of the molecule is CCCC1(Cc2cc3c(-c4ccc(C)cc4)cccc3[cH-]2)CCCC1.CCCC1(Cc2cc3c(-c4ccc(C)cc4)cccc3[cH-]2)CCCC1.Cl.Cl.[CH3-].[CH3-].[Si]=[Zr]. The van der Waals surface area contributed by atoms with Gasteiger partial charge in [0.25, 0.3) is 0 Å². The van der Waals surface area contributed by atoms with Crippen LogP contribution in [0, 0.1) is 39.5 Å². The van der Waals surface area contributed by atoms with Crippen molar-refractivity contribution < 1.29 is 23.3 Å². The van der Waals surface area contributed by atoms with Gasteiger partial charge in [0.1, 0.15) is 0 Å². The van der Waals surface area contributed by atoms with E-state index in [1.54, 1.807) is 11.1 Å². The minimum atomic E-state index is 0. The van der Waals surface area contributed by atoms with Gasteiger partial charge in [-0.1, -0.05) is 135 Å². The van der Waals surface area contributed by atoms with E-state index < -0.39 is 0 Å². The van der Waals surface area contributed by atoms with Crippen molar-refractivity contribution in [3.05, 3.63) is 146 Å². The van der Waals surface area contributed by atoms with E-state index >= 15 is 0 Å². The van der Waals surface area contributed by atoms with Gasteiger partial charge in [0, 0.05) is 0 Å². The molecule has 4 heteroatoms. The van der Waals surface area contributed by atoms with E-state index in [2.05, 4.69) is 144 Å². The number of aryl methyl sites for hydroxylation is 2. The number of hydrogen-bond donors (Lipinski definition) is 0. The molecule has 0 aliphatic heterocycles. The molecule has 0 spiro atoms. The van der Waals surface area contributed by atoms with E-state index in [-0.39, 0.29) is 39.7 Å².